The minimum absolute atomic E-state index is 0.176. The third-order valence-electron chi connectivity index (χ3n) is 3.73. The second-order valence-corrected chi connectivity index (χ2v) is 5.59. The molecule has 0 unspecified atom stereocenters. The van der Waals surface area contributed by atoms with Gasteiger partial charge in [0, 0.05) is 24.2 Å². The maximum absolute atomic E-state index is 12.1. The lowest BCUT2D eigenvalue weighted by atomic mass is 10.2. The zero-order valence-corrected chi connectivity index (χ0v) is 14.0. The van der Waals surface area contributed by atoms with E-state index in [9.17, 15) is 4.79 Å². The first-order valence-corrected chi connectivity index (χ1v) is 7.99. The van der Waals surface area contributed by atoms with E-state index in [0.717, 1.165) is 5.56 Å². The van der Waals surface area contributed by atoms with Crippen molar-refractivity contribution in [3.63, 3.8) is 0 Å². The third kappa shape index (κ3) is 3.66. The number of nitrogens with two attached hydrogens (primary N) is 1. The number of rotatable bonds is 5. The summed E-state index contributed by atoms with van der Waals surface area (Å²) in [4.78, 5) is 24.5. The quantitative estimate of drug-likeness (QED) is 0.553. The third-order valence-corrected chi connectivity index (χ3v) is 3.73. The lowest BCUT2D eigenvalue weighted by Gasteiger charge is -2.07. The molecule has 0 bridgehead atoms. The summed E-state index contributed by atoms with van der Waals surface area (Å²) in [5.41, 5.74) is 7.76. The van der Waals surface area contributed by atoms with Crippen LogP contribution in [0.4, 0.5) is 11.6 Å². The molecule has 0 atom stereocenters. The molecule has 0 spiro atoms. The van der Waals surface area contributed by atoms with E-state index in [2.05, 4.69) is 25.4 Å². The molecule has 3 N–H and O–H groups in total. The molecule has 0 saturated heterocycles. The Kier molecular flexibility index (Phi) is 4.32. The monoisotopic (exact) mass is 362 g/mol. The Morgan fingerprint density at radius 3 is 2.85 bits per heavy atom. The number of aromatic nitrogens is 4. The van der Waals surface area contributed by atoms with Crippen LogP contribution in [0.5, 0.6) is 5.75 Å². The average molecular weight is 362 g/mol. The maximum Gasteiger partial charge on any atom is 0.263 e. The number of benzene rings is 1. The molecule has 3 heterocycles. The van der Waals surface area contributed by atoms with E-state index in [0.29, 0.717) is 28.2 Å². The van der Waals surface area contributed by atoms with Crippen LogP contribution in [0.3, 0.4) is 0 Å². The number of hydrogen-bond donors (Lipinski definition) is 2. The molecule has 4 aromatic rings. The van der Waals surface area contributed by atoms with E-state index in [1.54, 1.807) is 55.1 Å². The van der Waals surface area contributed by atoms with Crippen LogP contribution in [0, 0.1) is 0 Å². The zero-order chi connectivity index (χ0) is 18.6. The van der Waals surface area contributed by atoms with Gasteiger partial charge in [-0.2, -0.15) is 0 Å². The summed E-state index contributed by atoms with van der Waals surface area (Å²) in [5, 5.41) is 6.97. The van der Waals surface area contributed by atoms with Gasteiger partial charge in [0.2, 0.25) is 0 Å². The summed E-state index contributed by atoms with van der Waals surface area (Å²) in [5.74, 6) is 0.828. The van der Waals surface area contributed by atoms with Gasteiger partial charge in [0.1, 0.15) is 11.6 Å². The van der Waals surface area contributed by atoms with Crippen molar-refractivity contribution in [3.8, 4) is 17.0 Å². The number of fused-ring (bicyclic) bond motifs is 1. The fourth-order valence-corrected chi connectivity index (χ4v) is 2.42. The molecule has 134 valence electrons. The maximum atomic E-state index is 12.1. The van der Waals surface area contributed by atoms with Gasteiger partial charge in [0.15, 0.2) is 18.0 Å². The first-order valence-electron chi connectivity index (χ1n) is 7.99. The van der Waals surface area contributed by atoms with Crippen LogP contribution < -0.4 is 15.8 Å². The molecule has 9 nitrogen and oxygen atoms in total. The highest BCUT2D eigenvalue weighted by Crippen LogP contribution is 2.25. The molecule has 0 radical (unpaired) electrons. The van der Waals surface area contributed by atoms with Gasteiger partial charge in [0.25, 0.3) is 5.91 Å². The smallest absolute Gasteiger partial charge is 0.263 e. The highest BCUT2D eigenvalue weighted by Gasteiger charge is 2.09. The van der Waals surface area contributed by atoms with Crippen LogP contribution in [0.1, 0.15) is 0 Å². The molecule has 3 aromatic heterocycles. The predicted octanol–water partition coefficient (Wildman–Crippen LogP) is 2.28. The minimum atomic E-state index is -0.340. The van der Waals surface area contributed by atoms with Crippen LogP contribution in [0.2, 0.25) is 0 Å². The number of carbonyl (C=O) groups is 1. The minimum Gasteiger partial charge on any atom is -0.484 e. The van der Waals surface area contributed by atoms with Gasteiger partial charge in [-0.1, -0.05) is 5.16 Å². The van der Waals surface area contributed by atoms with Crippen LogP contribution in [0.15, 0.2) is 59.6 Å². The normalized spacial score (nSPS) is 10.7. The van der Waals surface area contributed by atoms with Crippen molar-refractivity contribution in [2.75, 3.05) is 17.7 Å². The molecule has 1 aromatic carbocycles. The number of nitrogens with zero attached hydrogens (tertiary/aromatic N) is 4. The van der Waals surface area contributed by atoms with Gasteiger partial charge in [-0.3, -0.25) is 14.8 Å². The second kappa shape index (κ2) is 7.08. The molecular weight excluding hydrogens is 348 g/mol. The standard InChI is InChI=1S/C18H14N6O3/c19-18-13-7-12(2-3-15(13)27-24-18)26-10-17(25)23-16-4-1-11(8-22-16)14-9-20-5-6-21-14/h1-9H,10H2,(H2,19,24)(H,22,23,25). The van der Waals surface area contributed by atoms with Crippen molar-refractivity contribution in [3.05, 3.63) is 55.1 Å². The van der Waals surface area contributed by atoms with Gasteiger partial charge in [0.05, 0.1) is 17.3 Å². The molecule has 0 aliphatic rings. The summed E-state index contributed by atoms with van der Waals surface area (Å²) in [7, 11) is 0. The summed E-state index contributed by atoms with van der Waals surface area (Å²) in [6, 6.07) is 8.51. The van der Waals surface area contributed by atoms with Crippen LogP contribution in [-0.2, 0) is 4.79 Å². The summed E-state index contributed by atoms with van der Waals surface area (Å²) in [6.07, 6.45) is 6.46. The number of amides is 1. The SMILES string of the molecule is Nc1noc2ccc(OCC(=O)Nc3ccc(-c4cnccn4)cn3)cc12. The highest BCUT2D eigenvalue weighted by molar-refractivity contribution is 5.91. The molecule has 9 heteroatoms. The molecule has 1 amide bonds. The van der Waals surface area contributed by atoms with Crippen molar-refractivity contribution >= 4 is 28.5 Å². The van der Waals surface area contributed by atoms with E-state index in [1.807, 2.05) is 0 Å². The van der Waals surface area contributed by atoms with Gasteiger partial charge in [-0.25, -0.2) is 4.98 Å². The molecule has 0 fully saturated rings. The van der Waals surface area contributed by atoms with E-state index < -0.39 is 0 Å². The van der Waals surface area contributed by atoms with Crippen molar-refractivity contribution in [1.29, 1.82) is 0 Å². The van der Waals surface area contributed by atoms with Crippen molar-refractivity contribution in [2.24, 2.45) is 0 Å². The Morgan fingerprint density at radius 1 is 1.15 bits per heavy atom. The van der Waals surface area contributed by atoms with Gasteiger partial charge >= 0.3 is 0 Å². The number of nitrogens with one attached hydrogen (secondary N) is 1. The van der Waals surface area contributed by atoms with Crippen LogP contribution >= 0.6 is 0 Å². The lowest BCUT2D eigenvalue weighted by Crippen LogP contribution is -2.20. The van der Waals surface area contributed by atoms with E-state index in [1.165, 1.54) is 0 Å². The number of hydrogen-bond acceptors (Lipinski definition) is 8. The van der Waals surface area contributed by atoms with Gasteiger partial charge < -0.3 is 20.3 Å². The largest absolute Gasteiger partial charge is 0.484 e. The lowest BCUT2D eigenvalue weighted by molar-refractivity contribution is -0.118. The molecule has 0 aliphatic carbocycles. The number of anilines is 2. The molecule has 0 saturated carbocycles. The summed E-state index contributed by atoms with van der Waals surface area (Å²) in [6.45, 7) is -0.176. The van der Waals surface area contributed by atoms with Gasteiger partial charge in [-0.15, -0.1) is 0 Å². The number of pyridine rings is 1. The van der Waals surface area contributed by atoms with E-state index >= 15 is 0 Å². The fraction of sp³-hybridized carbons (Fsp3) is 0.0556. The van der Waals surface area contributed by atoms with Crippen molar-refractivity contribution in [1.82, 2.24) is 20.1 Å². The van der Waals surface area contributed by atoms with Crippen molar-refractivity contribution in [2.45, 2.75) is 0 Å². The van der Waals surface area contributed by atoms with E-state index in [-0.39, 0.29) is 18.3 Å². The first-order chi connectivity index (χ1) is 13.2. The first kappa shape index (κ1) is 16.5. The van der Waals surface area contributed by atoms with Crippen LogP contribution in [0.25, 0.3) is 22.2 Å². The Morgan fingerprint density at radius 2 is 2.07 bits per heavy atom. The fourth-order valence-electron chi connectivity index (χ4n) is 2.42. The van der Waals surface area contributed by atoms with Crippen molar-refractivity contribution < 1.29 is 14.1 Å². The number of ether oxygens (including phenoxy) is 1. The Hall–Kier alpha value is -4.01. The predicted molar refractivity (Wildman–Crippen MR) is 97.8 cm³/mol. The average Bonchev–Trinajstić information content (AvgIpc) is 3.08. The molecule has 27 heavy (non-hydrogen) atoms. The zero-order valence-electron chi connectivity index (χ0n) is 14.0. The Bertz CT molecular complexity index is 1080. The second-order valence-electron chi connectivity index (χ2n) is 5.59. The summed E-state index contributed by atoms with van der Waals surface area (Å²) < 4.78 is 10.5. The molecule has 4 rings (SSSR count). The number of carbonyl (C=O) groups excluding carboxylic acids is 1. The van der Waals surface area contributed by atoms with Gasteiger partial charge in [-0.05, 0) is 30.3 Å². The van der Waals surface area contributed by atoms with E-state index in [4.69, 9.17) is 15.0 Å². The highest BCUT2D eigenvalue weighted by atomic mass is 16.5. The Labute approximate surface area is 153 Å². The topological polar surface area (TPSA) is 129 Å². The number of nitrogen functional groups attached to an aromatic ring is 1. The molecular formula is C18H14N6O3. The molecule has 0 aliphatic heterocycles. The Balaban J connectivity index is 1.36. The summed E-state index contributed by atoms with van der Waals surface area (Å²) >= 11 is 0. The van der Waals surface area contributed by atoms with Crippen LogP contribution in [-0.4, -0.2) is 32.6 Å².